The van der Waals surface area contributed by atoms with E-state index in [4.69, 9.17) is 41.2 Å². The van der Waals surface area contributed by atoms with Crippen LogP contribution in [0, 0.1) is 11.3 Å². The molecule has 0 unspecified atom stereocenters. The molecule has 11 heteroatoms. The van der Waals surface area contributed by atoms with Crippen molar-refractivity contribution in [3.8, 4) is 6.07 Å². The molecule has 11 nitrogen and oxygen atoms in total. The molecule has 3 aromatic carbocycles. The van der Waals surface area contributed by atoms with E-state index in [1.807, 2.05) is 97.9 Å². The van der Waals surface area contributed by atoms with E-state index < -0.39 is 0 Å². The largest absolute Gasteiger partial charge is 0.479 e. The van der Waals surface area contributed by atoms with Crippen LogP contribution in [0.5, 0.6) is 0 Å². The summed E-state index contributed by atoms with van der Waals surface area (Å²) < 4.78 is 15.5. The fourth-order valence-electron chi connectivity index (χ4n) is 2.94. The second-order valence-corrected chi connectivity index (χ2v) is 8.98. The average Bonchev–Trinajstić information content (AvgIpc) is 3.58. The van der Waals surface area contributed by atoms with E-state index in [2.05, 4.69) is 10.3 Å². The van der Waals surface area contributed by atoms with Crippen molar-refractivity contribution >= 4 is 11.8 Å². The first-order valence-electron chi connectivity index (χ1n) is 15.0. The van der Waals surface area contributed by atoms with Crippen LogP contribution < -0.4 is 16.8 Å². The third kappa shape index (κ3) is 36.2. The number of nitrogens with two attached hydrogens (primary N) is 2. The van der Waals surface area contributed by atoms with Crippen LogP contribution in [0.3, 0.4) is 0 Å². The lowest BCUT2D eigenvalue weighted by molar-refractivity contribution is -0.119. The van der Waals surface area contributed by atoms with E-state index in [0.29, 0.717) is 46.1 Å². The second-order valence-electron chi connectivity index (χ2n) is 8.98. The smallest absolute Gasteiger partial charge is 0.216 e. The van der Waals surface area contributed by atoms with Gasteiger partial charge in [-0.15, -0.1) is 0 Å². The zero-order valence-corrected chi connectivity index (χ0v) is 27.5. The van der Waals surface area contributed by atoms with E-state index in [1.54, 1.807) is 6.07 Å². The van der Waals surface area contributed by atoms with Gasteiger partial charge in [-0.1, -0.05) is 98.4 Å². The van der Waals surface area contributed by atoms with Gasteiger partial charge in [0.2, 0.25) is 5.91 Å². The van der Waals surface area contributed by atoms with Gasteiger partial charge in [-0.3, -0.25) is 9.79 Å². The third-order valence-electron chi connectivity index (χ3n) is 5.00. The number of benzene rings is 3. The number of aliphatic hydroxyl groups excluding tert-OH is 2. The molecule has 1 amide bonds. The summed E-state index contributed by atoms with van der Waals surface area (Å²) in [5.74, 6) is 0.809. The highest BCUT2D eigenvalue weighted by Crippen LogP contribution is 2.00. The van der Waals surface area contributed by atoms with E-state index in [-0.39, 0.29) is 26.5 Å². The van der Waals surface area contributed by atoms with Gasteiger partial charge in [0.15, 0.2) is 5.90 Å². The van der Waals surface area contributed by atoms with Gasteiger partial charge in [0.05, 0.1) is 52.3 Å². The first-order chi connectivity index (χ1) is 22.4. The number of carbonyl (C=O) groups excluding carboxylic acids is 1. The topological polar surface area (TPSA) is 185 Å². The molecule has 0 spiro atoms. The maximum Gasteiger partial charge on any atom is 0.216 e. The highest BCUT2D eigenvalue weighted by atomic mass is 16.5. The van der Waals surface area contributed by atoms with Crippen molar-refractivity contribution in [1.29, 1.82) is 5.26 Å². The number of hydrogen-bond acceptors (Lipinski definition) is 10. The Kier molecular flexibility index (Phi) is 38.2. The predicted molar refractivity (Wildman–Crippen MR) is 190 cm³/mol. The summed E-state index contributed by atoms with van der Waals surface area (Å²) in [7, 11) is 0. The first kappa shape index (κ1) is 47.3. The Morgan fingerprint density at radius 3 is 1.57 bits per heavy atom. The van der Waals surface area contributed by atoms with Crippen LogP contribution in [0.1, 0.15) is 44.9 Å². The van der Waals surface area contributed by atoms with Crippen LogP contribution in [0.25, 0.3) is 0 Å². The van der Waals surface area contributed by atoms with Crippen LogP contribution in [-0.2, 0) is 38.8 Å². The highest BCUT2D eigenvalue weighted by Gasteiger charge is 1.96. The molecule has 3 aromatic rings. The molecule has 0 aromatic heterocycles. The van der Waals surface area contributed by atoms with Crippen molar-refractivity contribution in [2.75, 3.05) is 52.6 Å². The molecule has 1 aliphatic heterocycles. The molecule has 0 saturated heterocycles. The lowest BCUT2D eigenvalue weighted by Gasteiger charge is -2.04. The molecule has 0 atom stereocenters. The van der Waals surface area contributed by atoms with E-state index in [9.17, 15) is 4.79 Å². The van der Waals surface area contributed by atoms with E-state index in [1.165, 1.54) is 19.4 Å². The normalized spacial score (nSPS) is 10.1. The Morgan fingerprint density at radius 2 is 1.30 bits per heavy atom. The van der Waals surface area contributed by atoms with Gasteiger partial charge >= 0.3 is 0 Å². The maximum atomic E-state index is 10.5. The van der Waals surface area contributed by atoms with Crippen LogP contribution in [-0.4, -0.2) is 74.6 Å². The molecule has 1 heterocycles. The minimum Gasteiger partial charge on any atom is -0.479 e. The van der Waals surface area contributed by atoms with Crippen LogP contribution in [0.2, 0.25) is 0 Å². The molecule has 4 rings (SSSR count). The minimum absolute atomic E-state index is 0. The summed E-state index contributed by atoms with van der Waals surface area (Å²) in [6.07, 6.45) is 0. The predicted octanol–water partition coefficient (Wildman–Crippen LogP) is 4.22. The number of rotatable bonds is 11. The Bertz CT molecular complexity index is 1130. The van der Waals surface area contributed by atoms with Crippen LogP contribution in [0.4, 0.5) is 0 Å². The van der Waals surface area contributed by atoms with E-state index >= 15 is 0 Å². The summed E-state index contributed by atoms with van der Waals surface area (Å²) in [5, 5.41) is 26.3. The Labute approximate surface area is 282 Å². The van der Waals surface area contributed by atoms with Gasteiger partial charge in [0.25, 0.3) is 0 Å². The lowest BCUT2D eigenvalue weighted by atomic mass is 10.2. The van der Waals surface area contributed by atoms with Crippen molar-refractivity contribution in [2.24, 2.45) is 16.5 Å². The van der Waals surface area contributed by atoms with Crippen LogP contribution in [0.15, 0.2) is 96.0 Å². The molecule has 0 bridgehead atoms. The molecule has 0 radical (unpaired) electrons. The first-order valence-corrected chi connectivity index (χ1v) is 15.0. The molecule has 0 aliphatic carbocycles. The molecule has 262 valence electrons. The number of nitrogens with one attached hydrogen (secondary N) is 1. The summed E-state index contributed by atoms with van der Waals surface area (Å²) in [6.45, 7) is 10.7. The monoisotopic (exact) mass is 655 g/mol. The Hall–Kier alpha value is -4.15. The SMILES string of the molecule is C.CC#N.CC(=O)NCCOCc1ccccc1.CC1=NCCO1.NCCO.NCCOCc1ccccc1.OCc1ccccc1. The molecule has 47 heavy (non-hydrogen) atoms. The zero-order chi connectivity index (χ0) is 34.5. The van der Waals surface area contributed by atoms with Gasteiger partial charge in [-0.2, -0.15) is 5.26 Å². The number of hydrogen-bond donors (Lipinski definition) is 5. The van der Waals surface area contributed by atoms with E-state index in [0.717, 1.165) is 30.2 Å². The van der Waals surface area contributed by atoms with Crippen molar-refractivity contribution in [2.45, 2.75) is 48.0 Å². The van der Waals surface area contributed by atoms with Gasteiger partial charge < -0.3 is 41.2 Å². The maximum absolute atomic E-state index is 10.5. The number of aliphatic hydroxyl groups is 2. The van der Waals surface area contributed by atoms with Crippen LogP contribution >= 0.6 is 0 Å². The number of ether oxygens (including phenoxy) is 3. The molecule has 0 saturated carbocycles. The molecule has 1 aliphatic rings. The third-order valence-corrected chi connectivity index (χ3v) is 5.00. The van der Waals surface area contributed by atoms with Gasteiger partial charge in [-0.05, 0) is 16.7 Å². The number of amides is 1. The van der Waals surface area contributed by atoms with Gasteiger partial charge in [0, 0.05) is 40.4 Å². The summed E-state index contributed by atoms with van der Waals surface area (Å²) in [6, 6.07) is 31.3. The van der Waals surface area contributed by atoms with Crippen molar-refractivity contribution in [1.82, 2.24) is 5.32 Å². The molecule has 0 fully saturated rings. The molecular weight excluding hydrogens is 598 g/mol. The lowest BCUT2D eigenvalue weighted by Crippen LogP contribution is -2.24. The quantitative estimate of drug-likeness (QED) is 0.189. The number of aliphatic imine (C=N–C) groups is 1. The molecule has 7 N–H and O–H groups in total. The number of nitriles is 1. The Balaban J connectivity index is -0.000000526. The average molecular weight is 656 g/mol. The second kappa shape index (κ2) is 38.0. The highest BCUT2D eigenvalue weighted by molar-refractivity contribution is 5.74. The standard InChI is InChI=1S/C11H15NO2.C9H13NO.C7H8O.C4H7NO.C2H7NO.C2H3N.CH4/c1-10(13)12-7-8-14-9-11-5-3-2-4-6-11;10-6-7-11-8-9-4-2-1-3-5-9;8-6-7-4-2-1-3-5-7;1-4-5-2-3-6-4;3-1-2-4;1-2-3;/h2-6H,7-9H2,1H3,(H,12,13);1-5H,6-8,10H2;1-5,8H,6H2;2-3H2,1H3;4H,1-3H2;1H3;1H4. The van der Waals surface area contributed by atoms with Crippen molar-refractivity contribution < 1.29 is 29.2 Å². The Morgan fingerprint density at radius 1 is 0.872 bits per heavy atom. The summed E-state index contributed by atoms with van der Waals surface area (Å²) >= 11 is 0. The summed E-state index contributed by atoms with van der Waals surface area (Å²) in [5.41, 5.74) is 13.4. The fourth-order valence-corrected chi connectivity index (χ4v) is 2.94. The van der Waals surface area contributed by atoms with Crippen molar-refractivity contribution in [3.05, 3.63) is 108 Å². The number of nitrogens with zero attached hydrogens (tertiary/aromatic N) is 2. The summed E-state index contributed by atoms with van der Waals surface area (Å²) in [4.78, 5) is 14.4. The van der Waals surface area contributed by atoms with Gasteiger partial charge in [-0.25, -0.2) is 0 Å². The van der Waals surface area contributed by atoms with Gasteiger partial charge in [0.1, 0.15) is 6.61 Å². The zero-order valence-electron chi connectivity index (χ0n) is 27.5. The minimum atomic E-state index is -0.0201. The fraction of sp³-hybridized carbons (Fsp3) is 0.417. The van der Waals surface area contributed by atoms with Crippen molar-refractivity contribution in [3.63, 3.8) is 0 Å². The number of carbonyl (C=O) groups is 1. The molecular formula is C36H57N5O6.